The number of anilines is 1. The highest BCUT2D eigenvalue weighted by Gasteiger charge is 2.18. The summed E-state index contributed by atoms with van der Waals surface area (Å²) >= 11 is 7.33. The van der Waals surface area contributed by atoms with E-state index in [0.29, 0.717) is 28.2 Å². The van der Waals surface area contributed by atoms with Crippen molar-refractivity contribution in [2.75, 3.05) is 17.7 Å². The van der Waals surface area contributed by atoms with Crippen LogP contribution in [0, 0.1) is 10.1 Å². The summed E-state index contributed by atoms with van der Waals surface area (Å²) in [6.07, 6.45) is 0. The number of hydrogen-bond donors (Lipinski definition) is 0. The number of nitro groups is 1. The van der Waals surface area contributed by atoms with Gasteiger partial charge in [0.25, 0.3) is 5.69 Å². The van der Waals surface area contributed by atoms with Crippen LogP contribution in [0.4, 0.5) is 11.4 Å². The van der Waals surface area contributed by atoms with Crippen LogP contribution in [0.1, 0.15) is 5.56 Å². The van der Waals surface area contributed by atoms with Crippen LogP contribution < -0.4 is 4.90 Å². The molecule has 1 heterocycles. The van der Waals surface area contributed by atoms with Gasteiger partial charge in [-0.2, -0.15) is 0 Å². The maximum Gasteiger partial charge on any atom is 0.269 e. The summed E-state index contributed by atoms with van der Waals surface area (Å²) in [5.41, 5.74) is 2.49. The SMILES string of the molecule is CN(C(=O)CSc1nnc(-c2ccc(Cl)cc2)n1Cc1ccccc1)c1ccc([N+](=O)[O-])cc1. The van der Waals surface area contributed by atoms with Crippen LogP contribution in [0.3, 0.4) is 0 Å². The van der Waals surface area contributed by atoms with Crippen molar-refractivity contribution in [3.05, 3.63) is 99.6 Å². The van der Waals surface area contributed by atoms with Gasteiger partial charge in [-0.25, -0.2) is 0 Å². The van der Waals surface area contributed by atoms with Crippen molar-refractivity contribution in [2.45, 2.75) is 11.7 Å². The highest BCUT2D eigenvalue weighted by Crippen LogP contribution is 2.27. The fraction of sp³-hybridized carbons (Fsp3) is 0.125. The van der Waals surface area contributed by atoms with Gasteiger partial charge in [0.2, 0.25) is 5.91 Å². The van der Waals surface area contributed by atoms with E-state index in [2.05, 4.69) is 10.2 Å². The molecule has 10 heteroatoms. The van der Waals surface area contributed by atoms with Crippen LogP contribution in [0.2, 0.25) is 5.02 Å². The first-order valence-corrected chi connectivity index (χ1v) is 11.7. The van der Waals surface area contributed by atoms with E-state index < -0.39 is 4.92 Å². The van der Waals surface area contributed by atoms with E-state index in [1.54, 1.807) is 31.3 Å². The Labute approximate surface area is 205 Å². The van der Waals surface area contributed by atoms with E-state index in [4.69, 9.17) is 11.6 Å². The molecule has 3 aromatic carbocycles. The quantitative estimate of drug-likeness (QED) is 0.187. The molecule has 0 aliphatic carbocycles. The van der Waals surface area contributed by atoms with E-state index in [9.17, 15) is 14.9 Å². The molecule has 0 N–H and O–H groups in total. The summed E-state index contributed by atoms with van der Waals surface area (Å²) in [7, 11) is 1.64. The second kappa shape index (κ2) is 10.5. The monoisotopic (exact) mass is 493 g/mol. The number of non-ortho nitro benzene ring substituents is 1. The molecule has 0 aliphatic rings. The van der Waals surface area contributed by atoms with Crippen molar-refractivity contribution in [3.63, 3.8) is 0 Å². The standard InChI is InChI=1S/C24H20ClN5O3S/c1-28(20-11-13-21(14-12-20)30(32)33)22(31)16-34-24-27-26-23(18-7-9-19(25)10-8-18)29(24)15-17-5-3-2-4-6-17/h2-14H,15-16H2,1H3. The molecule has 4 aromatic rings. The molecular weight excluding hydrogens is 474 g/mol. The number of nitro benzene ring substituents is 1. The van der Waals surface area contributed by atoms with Crippen LogP contribution in [-0.2, 0) is 11.3 Å². The van der Waals surface area contributed by atoms with Gasteiger partial charge in [-0.05, 0) is 42.0 Å². The molecule has 0 atom stereocenters. The number of aromatic nitrogens is 3. The maximum atomic E-state index is 12.8. The topological polar surface area (TPSA) is 94.2 Å². The number of benzene rings is 3. The van der Waals surface area contributed by atoms with Crippen LogP contribution >= 0.6 is 23.4 Å². The van der Waals surface area contributed by atoms with Gasteiger partial charge in [-0.3, -0.25) is 19.5 Å². The smallest absolute Gasteiger partial charge is 0.269 e. The number of rotatable bonds is 8. The van der Waals surface area contributed by atoms with Crippen molar-refractivity contribution in [1.29, 1.82) is 0 Å². The van der Waals surface area contributed by atoms with E-state index in [1.165, 1.54) is 28.8 Å². The van der Waals surface area contributed by atoms with Gasteiger partial charge in [-0.1, -0.05) is 53.7 Å². The maximum absolute atomic E-state index is 12.8. The summed E-state index contributed by atoms with van der Waals surface area (Å²) in [4.78, 5) is 24.7. The molecule has 1 amide bonds. The second-order valence-electron chi connectivity index (χ2n) is 7.40. The molecular formula is C24H20ClN5O3S. The van der Waals surface area contributed by atoms with E-state index in [1.807, 2.05) is 47.0 Å². The third-order valence-corrected chi connectivity index (χ3v) is 6.35. The second-order valence-corrected chi connectivity index (χ2v) is 8.78. The zero-order valence-electron chi connectivity index (χ0n) is 18.2. The Bertz CT molecular complexity index is 1290. The number of nitrogens with zero attached hydrogens (tertiary/aromatic N) is 5. The highest BCUT2D eigenvalue weighted by molar-refractivity contribution is 7.99. The average Bonchev–Trinajstić information content (AvgIpc) is 3.25. The molecule has 8 nitrogen and oxygen atoms in total. The van der Waals surface area contributed by atoms with Crippen molar-refractivity contribution < 1.29 is 9.72 Å². The molecule has 0 radical (unpaired) electrons. The lowest BCUT2D eigenvalue weighted by atomic mass is 10.2. The van der Waals surface area contributed by atoms with Gasteiger partial charge < -0.3 is 4.90 Å². The fourth-order valence-corrected chi connectivity index (χ4v) is 4.26. The predicted molar refractivity (Wildman–Crippen MR) is 133 cm³/mol. The molecule has 0 bridgehead atoms. The van der Waals surface area contributed by atoms with Crippen LogP contribution in [0.25, 0.3) is 11.4 Å². The molecule has 0 saturated carbocycles. The number of thioether (sulfide) groups is 1. The summed E-state index contributed by atoms with van der Waals surface area (Å²) in [5.74, 6) is 0.640. The minimum atomic E-state index is -0.473. The lowest BCUT2D eigenvalue weighted by Gasteiger charge is -2.17. The normalized spacial score (nSPS) is 10.8. The van der Waals surface area contributed by atoms with E-state index in [0.717, 1.165) is 11.1 Å². The van der Waals surface area contributed by atoms with Crippen molar-refractivity contribution in [1.82, 2.24) is 14.8 Å². The lowest BCUT2D eigenvalue weighted by molar-refractivity contribution is -0.384. The first-order valence-electron chi connectivity index (χ1n) is 10.3. The van der Waals surface area contributed by atoms with Gasteiger partial charge in [0.1, 0.15) is 0 Å². The Morgan fingerprint density at radius 2 is 1.71 bits per heavy atom. The van der Waals surface area contributed by atoms with Crippen molar-refractivity contribution in [2.24, 2.45) is 0 Å². The Balaban J connectivity index is 1.54. The molecule has 0 unspecified atom stereocenters. The Hall–Kier alpha value is -3.69. The summed E-state index contributed by atoms with van der Waals surface area (Å²) in [6, 6.07) is 23.2. The van der Waals surface area contributed by atoms with Gasteiger partial charge >= 0.3 is 0 Å². The molecule has 0 fully saturated rings. The number of hydrogen-bond acceptors (Lipinski definition) is 6. The Morgan fingerprint density at radius 3 is 2.35 bits per heavy atom. The lowest BCUT2D eigenvalue weighted by Crippen LogP contribution is -2.28. The largest absolute Gasteiger partial charge is 0.315 e. The number of amides is 1. The Kier molecular flexibility index (Phi) is 7.24. The summed E-state index contributed by atoms with van der Waals surface area (Å²) in [6.45, 7) is 0.542. The minimum Gasteiger partial charge on any atom is -0.315 e. The first-order chi connectivity index (χ1) is 16.4. The van der Waals surface area contributed by atoms with Crippen molar-refractivity contribution >= 4 is 40.6 Å². The molecule has 34 heavy (non-hydrogen) atoms. The average molecular weight is 494 g/mol. The zero-order valence-corrected chi connectivity index (χ0v) is 19.7. The number of halogens is 1. The van der Waals surface area contributed by atoms with Gasteiger partial charge in [0.15, 0.2) is 11.0 Å². The molecule has 0 aliphatic heterocycles. The fourth-order valence-electron chi connectivity index (χ4n) is 3.28. The van der Waals surface area contributed by atoms with Gasteiger partial charge in [0, 0.05) is 35.5 Å². The first kappa shape index (κ1) is 23.5. The number of carbonyl (C=O) groups excluding carboxylic acids is 1. The summed E-state index contributed by atoms with van der Waals surface area (Å²) < 4.78 is 1.97. The van der Waals surface area contributed by atoms with E-state index >= 15 is 0 Å². The van der Waals surface area contributed by atoms with Gasteiger partial charge in [0.05, 0.1) is 17.2 Å². The van der Waals surface area contributed by atoms with Crippen LogP contribution in [0.5, 0.6) is 0 Å². The Morgan fingerprint density at radius 1 is 1.03 bits per heavy atom. The number of carbonyl (C=O) groups is 1. The van der Waals surface area contributed by atoms with Gasteiger partial charge in [-0.15, -0.1) is 10.2 Å². The third kappa shape index (κ3) is 5.44. The predicted octanol–water partition coefficient (Wildman–Crippen LogP) is 5.31. The molecule has 172 valence electrons. The van der Waals surface area contributed by atoms with E-state index in [-0.39, 0.29) is 17.3 Å². The molecule has 4 rings (SSSR count). The molecule has 1 aromatic heterocycles. The van der Waals surface area contributed by atoms with Crippen molar-refractivity contribution in [3.8, 4) is 11.4 Å². The minimum absolute atomic E-state index is 0.0253. The van der Waals surface area contributed by atoms with Crippen LogP contribution in [0.15, 0.2) is 84.0 Å². The summed E-state index contributed by atoms with van der Waals surface area (Å²) in [5, 5.41) is 20.8. The highest BCUT2D eigenvalue weighted by atomic mass is 35.5. The zero-order chi connectivity index (χ0) is 24.1. The van der Waals surface area contributed by atoms with Crippen LogP contribution in [-0.4, -0.2) is 38.4 Å². The third-order valence-electron chi connectivity index (χ3n) is 5.15. The molecule has 0 spiro atoms. The molecule has 0 saturated heterocycles.